The molecule has 0 aromatic carbocycles. The van der Waals surface area contributed by atoms with Gasteiger partial charge in [0.05, 0.1) is 11.5 Å². The summed E-state index contributed by atoms with van der Waals surface area (Å²) in [7, 11) is 3.59. The summed E-state index contributed by atoms with van der Waals surface area (Å²) in [5.74, 6) is -0.0448. The third kappa shape index (κ3) is 4.63. The number of carbonyl (C=O) groups is 1. The van der Waals surface area contributed by atoms with Gasteiger partial charge >= 0.3 is 17.5 Å². The number of aromatic nitrogens is 1. The summed E-state index contributed by atoms with van der Waals surface area (Å²) in [6, 6.07) is 2.82. The Bertz CT molecular complexity index is 528. The molecule has 0 aliphatic rings. The molecule has 0 fully saturated rings. The van der Waals surface area contributed by atoms with Gasteiger partial charge in [0.25, 0.3) is 0 Å². The molecule has 0 saturated carbocycles. The molecule has 1 aromatic heterocycles. The molecule has 0 radical (unpaired) electrons. The van der Waals surface area contributed by atoms with E-state index in [0.29, 0.717) is 5.82 Å². The fraction of sp³-hybridized carbons (Fsp3) is 0.417. The minimum absolute atomic E-state index is 0.113. The van der Waals surface area contributed by atoms with Gasteiger partial charge in [-0.3, -0.25) is 10.1 Å². The van der Waals surface area contributed by atoms with E-state index < -0.39 is 10.9 Å². The van der Waals surface area contributed by atoms with Crippen molar-refractivity contribution in [3.05, 3.63) is 28.4 Å². The zero-order valence-electron chi connectivity index (χ0n) is 11.6. The van der Waals surface area contributed by atoms with Crippen LogP contribution in [0.3, 0.4) is 0 Å². The highest BCUT2D eigenvalue weighted by molar-refractivity contribution is 5.67. The standard InChI is InChI=1S/C12H17N4O4/c1-4-20-12(17)8-15-7-10(16(18)19)5-6-11(15)13-9-14(2)3/h5-7,9H,4,8H2,1-3H3/q+1. The molecule has 0 spiro atoms. The summed E-state index contributed by atoms with van der Waals surface area (Å²) >= 11 is 0. The summed E-state index contributed by atoms with van der Waals surface area (Å²) in [5.41, 5.74) is -0.113. The van der Waals surface area contributed by atoms with Crippen LogP contribution in [0, 0.1) is 10.1 Å². The van der Waals surface area contributed by atoms with E-state index in [2.05, 4.69) is 4.99 Å². The molecule has 0 atom stereocenters. The maximum atomic E-state index is 11.5. The van der Waals surface area contributed by atoms with Gasteiger partial charge in [-0.25, -0.2) is 9.36 Å². The SMILES string of the molecule is CCOC(=O)C[n+]1cc([N+](=O)[O-])ccc1N=CN(C)C. The van der Waals surface area contributed by atoms with Crippen LogP contribution in [0.1, 0.15) is 6.92 Å². The normalized spacial score (nSPS) is 10.6. The molecule has 20 heavy (non-hydrogen) atoms. The number of esters is 1. The first-order chi connectivity index (χ1) is 9.43. The Morgan fingerprint density at radius 3 is 2.80 bits per heavy atom. The van der Waals surface area contributed by atoms with Crippen LogP contribution in [-0.2, 0) is 16.1 Å². The summed E-state index contributed by atoms with van der Waals surface area (Å²) in [6.07, 6.45) is 2.81. The van der Waals surface area contributed by atoms with Gasteiger partial charge in [0, 0.05) is 26.2 Å². The van der Waals surface area contributed by atoms with Gasteiger partial charge < -0.3 is 9.64 Å². The summed E-state index contributed by atoms with van der Waals surface area (Å²) in [4.78, 5) is 27.6. The van der Waals surface area contributed by atoms with Crippen molar-refractivity contribution in [1.82, 2.24) is 4.90 Å². The maximum Gasteiger partial charge on any atom is 0.348 e. The van der Waals surface area contributed by atoms with Crippen molar-refractivity contribution in [2.75, 3.05) is 20.7 Å². The number of nitrogens with zero attached hydrogens (tertiary/aromatic N) is 4. The lowest BCUT2D eigenvalue weighted by atomic mass is 10.4. The van der Waals surface area contributed by atoms with Gasteiger partial charge in [-0.2, -0.15) is 0 Å². The predicted octanol–water partition coefficient (Wildman–Crippen LogP) is 0.667. The highest BCUT2D eigenvalue weighted by Gasteiger charge is 2.18. The second kappa shape index (κ2) is 7.17. The fourth-order valence-corrected chi connectivity index (χ4v) is 1.40. The first-order valence-corrected chi connectivity index (χ1v) is 5.98. The van der Waals surface area contributed by atoms with E-state index in [0.717, 1.165) is 0 Å². The third-order valence-corrected chi connectivity index (χ3v) is 2.22. The Morgan fingerprint density at radius 1 is 1.55 bits per heavy atom. The number of aliphatic imine (C=N–C) groups is 1. The number of nitro groups is 1. The molecule has 0 aliphatic carbocycles. The highest BCUT2D eigenvalue weighted by Crippen LogP contribution is 2.12. The van der Waals surface area contributed by atoms with Crippen molar-refractivity contribution in [3.8, 4) is 0 Å². The second-order valence-electron chi connectivity index (χ2n) is 4.14. The quantitative estimate of drug-likeness (QED) is 0.191. The summed E-state index contributed by atoms with van der Waals surface area (Å²) in [5, 5.41) is 10.8. The number of rotatable bonds is 6. The molecule has 1 rings (SSSR count). The largest absolute Gasteiger partial charge is 0.463 e. The number of hydrogen-bond acceptors (Lipinski definition) is 5. The van der Waals surface area contributed by atoms with Crippen LogP contribution in [0.25, 0.3) is 0 Å². The molecule has 0 unspecified atom stereocenters. The van der Waals surface area contributed by atoms with Crippen molar-refractivity contribution in [2.45, 2.75) is 13.5 Å². The molecule has 8 heteroatoms. The van der Waals surface area contributed by atoms with Crippen LogP contribution in [0.15, 0.2) is 23.3 Å². The van der Waals surface area contributed by atoms with Crippen LogP contribution >= 0.6 is 0 Å². The number of pyridine rings is 1. The van der Waals surface area contributed by atoms with Crippen molar-refractivity contribution in [3.63, 3.8) is 0 Å². The number of carbonyl (C=O) groups excluding carboxylic acids is 1. The number of ether oxygens (including phenoxy) is 1. The number of hydrogen-bond donors (Lipinski definition) is 0. The van der Waals surface area contributed by atoms with E-state index >= 15 is 0 Å². The van der Waals surface area contributed by atoms with Crippen molar-refractivity contribution in [1.29, 1.82) is 0 Å². The van der Waals surface area contributed by atoms with Crippen LogP contribution in [-0.4, -0.2) is 42.8 Å². The molecule has 0 bridgehead atoms. The van der Waals surface area contributed by atoms with Gasteiger partial charge in [0.2, 0.25) is 6.34 Å². The topological polar surface area (TPSA) is 88.9 Å². The molecule has 1 aromatic rings. The molecular formula is C12H17N4O4+. The van der Waals surface area contributed by atoms with Crippen molar-refractivity contribution >= 4 is 23.8 Å². The van der Waals surface area contributed by atoms with Gasteiger partial charge in [0.1, 0.15) is 0 Å². The third-order valence-electron chi connectivity index (χ3n) is 2.22. The van der Waals surface area contributed by atoms with Gasteiger partial charge in [-0.05, 0) is 11.9 Å². The molecule has 8 nitrogen and oxygen atoms in total. The first-order valence-electron chi connectivity index (χ1n) is 5.98. The van der Waals surface area contributed by atoms with Crippen LogP contribution in [0.5, 0.6) is 0 Å². The molecule has 0 aliphatic heterocycles. The first kappa shape index (κ1) is 15.5. The van der Waals surface area contributed by atoms with E-state index in [1.54, 1.807) is 32.3 Å². The molecular weight excluding hydrogens is 264 g/mol. The van der Waals surface area contributed by atoms with Gasteiger partial charge in [-0.15, -0.1) is 0 Å². The Labute approximate surface area is 116 Å². The monoisotopic (exact) mass is 281 g/mol. The fourth-order valence-electron chi connectivity index (χ4n) is 1.40. The minimum Gasteiger partial charge on any atom is -0.463 e. The van der Waals surface area contributed by atoms with Gasteiger partial charge in [0.15, 0.2) is 12.7 Å². The summed E-state index contributed by atoms with van der Waals surface area (Å²) in [6.45, 7) is 1.82. The lowest BCUT2D eigenvalue weighted by molar-refractivity contribution is -0.675. The van der Waals surface area contributed by atoms with Crippen molar-refractivity contribution < 1.29 is 19.0 Å². The van der Waals surface area contributed by atoms with E-state index in [1.165, 1.54) is 22.9 Å². The zero-order chi connectivity index (χ0) is 15.1. The van der Waals surface area contributed by atoms with Crippen LogP contribution in [0.2, 0.25) is 0 Å². The summed E-state index contributed by atoms with van der Waals surface area (Å²) < 4.78 is 6.22. The lowest BCUT2D eigenvalue weighted by Gasteiger charge is -2.03. The maximum absolute atomic E-state index is 11.5. The average Bonchev–Trinajstić information content (AvgIpc) is 2.37. The molecule has 1 heterocycles. The Balaban J connectivity index is 3.09. The molecule has 0 N–H and O–H groups in total. The van der Waals surface area contributed by atoms with E-state index in [1.807, 2.05) is 0 Å². The Hall–Kier alpha value is -2.51. The smallest absolute Gasteiger partial charge is 0.348 e. The van der Waals surface area contributed by atoms with Gasteiger partial charge in [-0.1, -0.05) is 0 Å². The molecule has 0 amide bonds. The molecule has 0 saturated heterocycles. The Kier molecular flexibility index (Phi) is 5.57. The van der Waals surface area contributed by atoms with E-state index in [-0.39, 0.29) is 18.8 Å². The van der Waals surface area contributed by atoms with Crippen molar-refractivity contribution in [2.24, 2.45) is 4.99 Å². The Morgan fingerprint density at radius 2 is 2.25 bits per heavy atom. The lowest BCUT2D eigenvalue weighted by Crippen LogP contribution is -2.39. The molecule has 108 valence electrons. The minimum atomic E-state index is -0.527. The zero-order valence-corrected chi connectivity index (χ0v) is 11.6. The highest BCUT2D eigenvalue weighted by atomic mass is 16.6. The average molecular weight is 281 g/mol. The predicted molar refractivity (Wildman–Crippen MR) is 71.8 cm³/mol. The van der Waals surface area contributed by atoms with E-state index in [4.69, 9.17) is 4.74 Å². The van der Waals surface area contributed by atoms with Crippen LogP contribution in [0.4, 0.5) is 11.5 Å². The second-order valence-corrected chi connectivity index (χ2v) is 4.14. The van der Waals surface area contributed by atoms with E-state index in [9.17, 15) is 14.9 Å². The van der Waals surface area contributed by atoms with Crippen LogP contribution < -0.4 is 4.57 Å².